The Hall–Kier alpha value is -3.55. The summed E-state index contributed by atoms with van der Waals surface area (Å²) in [5.74, 6) is -0.418. The van der Waals surface area contributed by atoms with Crippen LogP contribution < -0.4 is 16.0 Å². The summed E-state index contributed by atoms with van der Waals surface area (Å²) >= 11 is 0. The molecule has 0 heterocycles. The monoisotopic (exact) mass is 399 g/mol. The van der Waals surface area contributed by atoms with Crippen LogP contribution in [0, 0.1) is 0 Å². The molecule has 2 aromatic rings. The summed E-state index contributed by atoms with van der Waals surface area (Å²) in [6.07, 6.45) is -1.58. The summed E-state index contributed by atoms with van der Waals surface area (Å²) in [5, 5.41) is 16.3. The molecule has 0 aliphatic heterocycles. The van der Waals surface area contributed by atoms with Gasteiger partial charge in [-0.3, -0.25) is 10.1 Å². The van der Waals surface area contributed by atoms with E-state index < -0.39 is 29.7 Å². The normalized spacial score (nSPS) is 11.8. The summed E-state index contributed by atoms with van der Waals surface area (Å²) in [7, 11) is 0. The fourth-order valence-corrected chi connectivity index (χ4v) is 2.50. The van der Waals surface area contributed by atoms with Crippen LogP contribution in [0.4, 0.5) is 21.0 Å². The molecule has 1 atom stereocenters. The second-order valence-corrected chi connectivity index (χ2v) is 7.39. The minimum absolute atomic E-state index is 0.282. The van der Waals surface area contributed by atoms with E-state index in [1.165, 1.54) is 12.1 Å². The van der Waals surface area contributed by atoms with Crippen LogP contribution in [0.25, 0.3) is 0 Å². The lowest BCUT2D eigenvalue weighted by Gasteiger charge is -2.23. The van der Waals surface area contributed by atoms with Gasteiger partial charge in [0, 0.05) is 17.8 Å². The molecule has 0 aliphatic rings. The third-order valence-corrected chi connectivity index (χ3v) is 3.69. The van der Waals surface area contributed by atoms with Crippen molar-refractivity contribution in [2.24, 2.45) is 0 Å². The van der Waals surface area contributed by atoms with Crippen LogP contribution in [0.5, 0.6) is 0 Å². The van der Waals surface area contributed by atoms with E-state index in [0.717, 1.165) is 5.56 Å². The van der Waals surface area contributed by atoms with Crippen molar-refractivity contribution in [3.05, 3.63) is 60.2 Å². The number of carbonyl (C=O) groups is 3. The van der Waals surface area contributed by atoms with Crippen molar-refractivity contribution >= 4 is 29.5 Å². The topological polar surface area (TPSA) is 117 Å². The summed E-state index contributed by atoms with van der Waals surface area (Å²) in [5.41, 5.74) is 1.04. The highest BCUT2D eigenvalue weighted by atomic mass is 16.6. The first-order valence-corrected chi connectivity index (χ1v) is 9.07. The average Bonchev–Trinajstić information content (AvgIpc) is 2.61. The van der Waals surface area contributed by atoms with Gasteiger partial charge in [0.15, 0.2) is 0 Å². The van der Waals surface area contributed by atoms with Crippen LogP contribution in [0.3, 0.4) is 0 Å². The lowest BCUT2D eigenvalue weighted by Crippen LogP contribution is -2.47. The average molecular weight is 399 g/mol. The lowest BCUT2D eigenvalue weighted by molar-refractivity contribution is -0.118. The van der Waals surface area contributed by atoms with Crippen molar-refractivity contribution in [2.75, 3.05) is 10.6 Å². The maximum atomic E-state index is 12.8. The fourth-order valence-electron chi connectivity index (χ4n) is 2.50. The van der Waals surface area contributed by atoms with Gasteiger partial charge in [-0.1, -0.05) is 30.3 Å². The molecule has 8 heteroatoms. The van der Waals surface area contributed by atoms with Gasteiger partial charge in [0.05, 0.1) is 0 Å². The van der Waals surface area contributed by atoms with Gasteiger partial charge in [-0.15, -0.1) is 0 Å². The van der Waals surface area contributed by atoms with Gasteiger partial charge in [0.1, 0.15) is 11.6 Å². The number of carboxylic acid groups (broad SMARTS) is 1. The number of alkyl carbamates (subject to hydrolysis) is 1. The molecule has 2 rings (SSSR count). The quantitative estimate of drug-likeness (QED) is 0.589. The van der Waals surface area contributed by atoms with E-state index in [4.69, 9.17) is 9.84 Å². The molecular weight excluding hydrogens is 374 g/mol. The zero-order valence-corrected chi connectivity index (χ0v) is 16.6. The predicted octanol–water partition coefficient (Wildman–Crippen LogP) is 3.85. The minimum atomic E-state index is -1.17. The Bertz CT molecular complexity index is 845. The molecule has 3 amide bonds. The first kappa shape index (κ1) is 21.7. The van der Waals surface area contributed by atoms with E-state index in [-0.39, 0.29) is 6.42 Å². The van der Waals surface area contributed by atoms with Crippen molar-refractivity contribution < 1.29 is 24.2 Å². The van der Waals surface area contributed by atoms with Crippen LogP contribution in [-0.2, 0) is 16.0 Å². The molecule has 4 N–H and O–H groups in total. The number of anilines is 2. The second-order valence-electron chi connectivity index (χ2n) is 7.39. The molecule has 0 spiro atoms. The Kier molecular flexibility index (Phi) is 7.19. The molecule has 2 aromatic carbocycles. The van der Waals surface area contributed by atoms with Crippen LogP contribution in [0.15, 0.2) is 54.6 Å². The molecule has 0 bridgehead atoms. The van der Waals surface area contributed by atoms with Crippen molar-refractivity contribution in [2.45, 2.75) is 38.8 Å². The van der Waals surface area contributed by atoms with E-state index >= 15 is 0 Å². The molecule has 0 aliphatic carbocycles. The van der Waals surface area contributed by atoms with Crippen molar-refractivity contribution in [1.29, 1.82) is 0 Å². The molecular formula is C21H25N3O5. The molecule has 0 radical (unpaired) electrons. The zero-order valence-electron chi connectivity index (χ0n) is 16.6. The lowest BCUT2D eigenvalue weighted by atomic mass is 10.1. The summed E-state index contributed by atoms with van der Waals surface area (Å²) in [6.45, 7) is 5.22. The number of amides is 3. The fraction of sp³-hybridized carbons (Fsp3) is 0.286. The van der Waals surface area contributed by atoms with Gasteiger partial charge >= 0.3 is 12.2 Å². The molecule has 0 unspecified atom stereocenters. The van der Waals surface area contributed by atoms with Crippen molar-refractivity contribution in [3.8, 4) is 0 Å². The zero-order chi connectivity index (χ0) is 21.4. The first-order valence-electron chi connectivity index (χ1n) is 9.07. The Labute approximate surface area is 169 Å². The molecule has 154 valence electrons. The van der Waals surface area contributed by atoms with Crippen molar-refractivity contribution in [3.63, 3.8) is 0 Å². The van der Waals surface area contributed by atoms with E-state index in [0.29, 0.717) is 11.4 Å². The summed E-state index contributed by atoms with van der Waals surface area (Å²) in [4.78, 5) is 35.6. The third-order valence-electron chi connectivity index (χ3n) is 3.69. The predicted molar refractivity (Wildman–Crippen MR) is 110 cm³/mol. The molecule has 29 heavy (non-hydrogen) atoms. The Morgan fingerprint density at radius 3 is 2.00 bits per heavy atom. The minimum Gasteiger partial charge on any atom is -0.465 e. The second kappa shape index (κ2) is 9.59. The number of nitrogens with one attached hydrogen (secondary N) is 3. The summed E-state index contributed by atoms with van der Waals surface area (Å²) < 4.78 is 5.27. The molecule has 0 saturated heterocycles. The molecule has 0 fully saturated rings. The molecule has 8 nitrogen and oxygen atoms in total. The maximum Gasteiger partial charge on any atom is 0.409 e. The molecule has 0 aromatic heterocycles. The van der Waals surface area contributed by atoms with E-state index in [1.807, 2.05) is 30.3 Å². The number of rotatable bonds is 6. The highest BCUT2D eigenvalue weighted by molar-refractivity contribution is 5.97. The van der Waals surface area contributed by atoms with Gasteiger partial charge < -0.3 is 20.5 Å². The standard InChI is InChI=1S/C21H25N3O5/c1-21(2,3)29-20(28)24-17(13-14-7-5-4-6-8-14)18(25)22-15-9-11-16(12-10-15)23-19(26)27/h4-12,17,23H,13H2,1-3H3,(H,22,25)(H,24,28)(H,26,27)/t17-/m0/s1. The highest BCUT2D eigenvalue weighted by Crippen LogP contribution is 2.15. The SMILES string of the molecule is CC(C)(C)OC(=O)N[C@@H](Cc1ccccc1)C(=O)Nc1ccc(NC(=O)O)cc1. The van der Waals surface area contributed by atoms with Gasteiger partial charge in [-0.25, -0.2) is 9.59 Å². The number of carbonyl (C=O) groups excluding carboxylic acids is 2. The Balaban J connectivity index is 2.10. The number of ether oxygens (including phenoxy) is 1. The van der Waals surface area contributed by atoms with Gasteiger partial charge in [-0.05, 0) is 50.6 Å². The summed E-state index contributed by atoms with van der Waals surface area (Å²) in [6, 6.07) is 14.6. The van der Waals surface area contributed by atoms with Gasteiger partial charge in [-0.2, -0.15) is 0 Å². The number of hydrogen-bond donors (Lipinski definition) is 4. The van der Waals surface area contributed by atoms with Crippen molar-refractivity contribution in [1.82, 2.24) is 5.32 Å². The Morgan fingerprint density at radius 1 is 0.931 bits per heavy atom. The number of benzene rings is 2. The van der Waals surface area contributed by atoms with E-state index in [2.05, 4.69) is 16.0 Å². The molecule has 0 saturated carbocycles. The Morgan fingerprint density at radius 2 is 1.48 bits per heavy atom. The third kappa shape index (κ3) is 7.92. The largest absolute Gasteiger partial charge is 0.465 e. The van der Waals surface area contributed by atoms with E-state index in [9.17, 15) is 14.4 Å². The van der Waals surface area contributed by atoms with Crippen LogP contribution >= 0.6 is 0 Å². The first-order chi connectivity index (χ1) is 13.6. The highest BCUT2D eigenvalue weighted by Gasteiger charge is 2.24. The smallest absolute Gasteiger partial charge is 0.409 e. The van der Waals surface area contributed by atoms with Crippen LogP contribution in [0.2, 0.25) is 0 Å². The maximum absolute atomic E-state index is 12.8. The van der Waals surface area contributed by atoms with Gasteiger partial charge in [0.25, 0.3) is 0 Å². The van der Waals surface area contributed by atoms with Crippen LogP contribution in [0.1, 0.15) is 26.3 Å². The van der Waals surface area contributed by atoms with Crippen LogP contribution in [-0.4, -0.2) is 34.8 Å². The number of hydrogen-bond acceptors (Lipinski definition) is 4. The van der Waals surface area contributed by atoms with E-state index in [1.54, 1.807) is 32.9 Å². The van der Waals surface area contributed by atoms with Gasteiger partial charge in [0.2, 0.25) is 5.91 Å².